The van der Waals surface area contributed by atoms with Gasteiger partial charge in [-0.05, 0) is 44.6 Å². The SMILES string of the molecule is Cn1c(-c2ccccc2C(F)(F)F)nnc1C12CCC(C3NN=C(C4CC(F)(F)C4)O3)(CC1)CC2. The van der Waals surface area contributed by atoms with E-state index in [1.165, 1.54) is 12.1 Å². The number of aromatic nitrogens is 3. The van der Waals surface area contributed by atoms with Gasteiger partial charge in [-0.1, -0.05) is 18.2 Å². The van der Waals surface area contributed by atoms with Gasteiger partial charge < -0.3 is 9.30 Å². The van der Waals surface area contributed by atoms with Gasteiger partial charge in [0.1, 0.15) is 5.82 Å². The van der Waals surface area contributed by atoms with Crippen molar-refractivity contribution in [1.29, 1.82) is 0 Å². The number of alkyl halides is 5. The molecule has 2 heterocycles. The Morgan fingerprint density at radius 2 is 1.66 bits per heavy atom. The van der Waals surface area contributed by atoms with E-state index in [4.69, 9.17) is 4.74 Å². The van der Waals surface area contributed by atoms with Gasteiger partial charge >= 0.3 is 6.18 Å². The third kappa shape index (κ3) is 3.52. The minimum absolute atomic E-state index is 0.0217. The van der Waals surface area contributed by atoms with Gasteiger partial charge in [0.05, 0.1) is 5.56 Å². The maximum Gasteiger partial charge on any atom is 0.417 e. The summed E-state index contributed by atoms with van der Waals surface area (Å²) in [5.41, 5.74) is 1.95. The summed E-state index contributed by atoms with van der Waals surface area (Å²) >= 11 is 0. The van der Waals surface area contributed by atoms with Gasteiger partial charge in [-0.25, -0.2) is 8.78 Å². The third-order valence-corrected chi connectivity index (χ3v) is 8.65. The molecule has 4 fully saturated rings. The van der Waals surface area contributed by atoms with E-state index in [9.17, 15) is 22.0 Å². The highest BCUT2D eigenvalue weighted by Gasteiger charge is 2.58. The topological polar surface area (TPSA) is 64.3 Å². The zero-order valence-corrected chi connectivity index (χ0v) is 19.2. The van der Waals surface area contributed by atoms with Gasteiger partial charge in [-0.2, -0.15) is 13.2 Å². The van der Waals surface area contributed by atoms with Crippen LogP contribution < -0.4 is 5.43 Å². The summed E-state index contributed by atoms with van der Waals surface area (Å²) in [5.74, 6) is -1.65. The highest BCUT2D eigenvalue weighted by Crippen LogP contribution is 2.59. The minimum Gasteiger partial charge on any atom is -0.454 e. The van der Waals surface area contributed by atoms with E-state index >= 15 is 0 Å². The second-order valence-electron chi connectivity index (χ2n) is 10.6. The Hall–Kier alpha value is -2.72. The number of nitrogens with one attached hydrogen (secondary N) is 1. The maximum atomic E-state index is 13.6. The average Bonchev–Trinajstić information content (AvgIpc) is 3.46. The van der Waals surface area contributed by atoms with Gasteiger partial charge in [-0.15, -0.1) is 15.3 Å². The van der Waals surface area contributed by atoms with Crippen LogP contribution in [0.5, 0.6) is 0 Å². The molecular formula is C24H26F5N5O. The molecule has 5 aliphatic rings. The first-order valence-corrected chi connectivity index (χ1v) is 12.0. The fourth-order valence-corrected chi connectivity index (χ4v) is 6.48. The summed E-state index contributed by atoms with van der Waals surface area (Å²) < 4.78 is 75.1. The maximum absolute atomic E-state index is 13.6. The number of ether oxygens (including phenoxy) is 1. The van der Waals surface area contributed by atoms with Gasteiger partial charge in [0.25, 0.3) is 0 Å². The number of rotatable bonds is 4. The summed E-state index contributed by atoms with van der Waals surface area (Å²) in [4.78, 5) is 0. The molecule has 11 heteroatoms. The smallest absolute Gasteiger partial charge is 0.417 e. The van der Waals surface area contributed by atoms with Gasteiger partial charge in [0, 0.05) is 42.2 Å². The lowest BCUT2D eigenvalue weighted by Crippen LogP contribution is -2.53. The molecule has 35 heavy (non-hydrogen) atoms. The van der Waals surface area contributed by atoms with Crippen molar-refractivity contribution < 1.29 is 26.7 Å². The molecule has 4 aliphatic carbocycles. The van der Waals surface area contributed by atoms with Crippen molar-refractivity contribution in [3.8, 4) is 11.4 Å². The molecule has 7 rings (SSSR count). The molecule has 1 aromatic carbocycles. The van der Waals surface area contributed by atoms with Crippen molar-refractivity contribution in [2.24, 2.45) is 23.5 Å². The van der Waals surface area contributed by atoms with Crippen LogP contribution in [0.15, 0.2) is 29.4 Å². The monoisotopic (exact) mass is 495 g/mol. The van der Waals surface area contributed by atoms with E-state index in [1.807, 2.05) is 0 Å². The van der Waals surface area contributed by atoms with E-state index < -0.39 is 17.7 Å². The molecule has 1 N–H and O–H groups in total. The molecule has 188 valence electrons. The summed E-state index contributed by atoms with van der Waals surface area (Å²) in [6, 6.07) is 5.43. The number of hydrazone groups is 1. The van der Waals surface area contributed by atoms with Crippen LogP contribution in [0, 0.1) is 11.3 Å². The van der Waals surface area contributed by atoms with Crippen LogP contribution >= 0.6 is 0 Å². The lowest BCUT2D eigenvalue weighted by atomic mass is 9.52. The highest BCUT2D eigenvalue weighted by molar-refractivity contribution is 5.81. The number of halogens is 5. The summed E-state index contributed by atoms with van der Waals surface area (Å²) in [6.45, 7) is 0. The van der Waals surface area contributed by atoms with Crippen LogP contribution in [0.25, 0.3) is 11.4 Å². The molecule has 1 atom stereocenters. The second kappa shape index (κ2) is 7.39. The van der Waals surface area contributed by atoms with Gasteiger partial charge in [0.15, 0.2) is 12.1 Å². The molecule has 2 bridgehead atoms. The Kier molecular flexibility index (Phi) is 4.80. The second-order valence-corrected chi connectivity index (χ2v) is 10.6. The number of fused-ring (bicyclic) bond motifs is 3. The van der Waals surface area contributed by atoms with Crippen molar-refractivity contribution in [2.45, 2.75) is 75.1 Å². The molecule has 1 unspecified atom stereocenters. The molecule has 4 saturated carbocycles. The van der Waals surface area contributed by atoms with E-state index in [1.54, 1.807) is 17.7 Å². The summed E-state index contributed by atoms with van der Waals surface area (Å²) in [6.07, 6.45) is -0.361. The first-order valence-electron chi connectivity index (χ1n) is 12.0. The Morgan fingerprint density at radius 1 is 1.00 bits per heavy atom. The largest absolute Gasteiger partial charge is 0.454 e. The Labute approximate surface area is 198 Å². The lowest BCUT2D eigenvalue weighted by Gasteiger charge is -2.54. The first-order chi connectivity index (χ1) is 16.5. The first kappa shape index (κ1) is 22.7. The van der Waals surface area contributed by atoms with Crippen molar-refractivity contribution in [2.75, 3.05) is 0 Å². The molecule has 0 saturated heterocycles. The Morgan fingerprint density at radius 3 is 2.29 bits per heavy atom. The fourth-order valence-electron chi connectivity index (χ4n) is 6.48. The molecule has 1 aliphatic heterocycles. The van der Waals surface area contributed by atoms with Crippen LogP contribution in [0.4, 0.5) is 22.0 Å². The van der Waals surface area contributed by atoms with E-state index in [0.717, 1.165) is 44.6 Å². The zero-order chi connectivity index (χ0) is 24.6. The van der Waals surface area contributed by atoms with Crippen LogP contribution in [0.3, 0.4) is 0 Å². The van der Waals surface area contributed by atoms with Crippen LogP contribution in [0.1, 0.15) is 62.8 Å². The minimum atomic E-state index is -4.49. The average molecular weight is 495 g/mol. The number of hydrogen-bond donors (Lipinski definition) is 1. The van der Waals surface area contributed by atoms with Gasteiger partial charge in [-0.3, -0.25) is 5.43 Å². The molecule has 0 amide bonds. The quantitative estimate of drug-likeness (QED) is 0.577. The van der Waals surface area contributed by atoms with Crippen molar-refractivity contribution in [3.63, 3.8) is 0 Å². The predicted octanol–water partition coefficient (Wildman–Crippen LogP) is 5.40. The molecule has 0 radical (unpaired) electrons. The third-order valence-electron chi connectivity index (χ3n) is 8.65. The molecule has 1 aromatic heterocycles. The Bertz CT molecular complexity index is 1160. The van der Waals surface area contributed by atoms with E-state index in [2.05, 4.69) is 20.7 Å². The number of benzene rings is 1. The highest BCUT2D eigenvalue weighted by atomic mass is 19.4. The Balaban J connectivity index is 1.19. The zero-order valence-electron chi connectivity index (χ0n) is 19.2. The molecule has 6 nitrogen and oxygen atoms in total. The predicted molar refractivity (Wildman–Crippen MR) is 116 cm³/mol. The van der Waals surface area contributed by atoms with Gasteiger partial charge in [0.2, 0.25) is 11.8 Å². The standard InChI is InChI=1S/C24H26F5N5O/c1-34-17(15-4-2-3-5-16(15)24(27,28)29)30-32-19(34)21-6-9-22(10-7-21,11-8-21)20-33-31-18(35-20)14-12-23(25,26)13-14/h2-5,14,20,33H,6-13H2,1H3. The van der Waals surface area contributed by atoms with E-state index in [-0.39, 0.29) is 47.2 Å². The number of hydrogen-bond acceptors (Lipinski definition) is 5. The normalized spacial score (nSPS) is 32.1. The van der Waals surface area contributed by atoms with Crippen molar-refractivity contribution in [1.82, 2.24) is 20.2 Å². The molecule has 0 spiro atoms. The van der Waals surface area contributed by atoms with Crippen molar-refractivity contribution >= 4 is 5.90 Å². The van der Waals surface area contributed by atoms with Crippen LogP contribution in [-0.2, 0) is 23.4 Å². The summed E-state index contributed by atoms with van der Waals surface area (Å²) in [7, 11) is 1.74. The van der Waals surface area contributed by atoms with Crippen LogP contribution in [-0.4, -0.2) is 32.8 Å². The van der Waals surface area contributed by atoms with Crippen molar-refractivity contribution in [3.05, 3.63) is 35.7 Å². The number of nitrogens with zero attached hydrogens (tertiary/aromatic N) is 4. The fraction of sp³-hybridized carbons (Fsp3) is 0.625. The molecule has 2 aromatic rings. The van der Waals surface area contributed by atoms with E-state index in [0.29, 0.717) is 11.7 Å². The summed E-state index contributed by atoms with van der Waals surface area (Å²) in [5, 5.41) is 12.8. The van der Waals surface area contributed by atoms with Crippen LogP contribution in [0.2, 0.25) is 0 Å². The lowest BCUT2D eigenvalue weighted by molar-refractivity contribution is -0.137. The molecular weight excluding hydrogens is 469 g/mol.